The molecule has 1 saturated heterocycles. The van der Waals surface area contributed by atoms with Crippen molar-refractivity contribution in [2.75, 3.05) is 13.2 Å². The van der Waals surface area contributed by atoms with Gasteiger partial charge in [-0.25, -0.2) is 9.78 Å². The predicted octanol–water partition coefficient (Wildman–Crippen LogP) is 4.79. The number of carbonyl (C=O) groups is 2. The molecule has 9 heteroatoms. The number of halogens is 1. The molecule has 188 valence electrons. The zero-order valence-electron chi connectivity index (χ0n) is 19.8. The molecule has 4 aromatic rings. The standard InChI is InChI=1S/C28H25BrN4O4/c29-21-10-6-19(7-11-21)23-17-30-26(31-23)24(16-18-4-2-1-3-5-18)33-27(35)25(32-28(33)36)20-8-12-22(13-9-20)37-15-14-34/h1-13,17,24-25,34H,14-16H2,(H,30,31)(H,32,36)/t24-,25+/m0/s1. The molecule has 0 unspecified atom stereocenters. The maximum Gasteiger partial charge on any atom is 0.325 e. The molecule has 2 atom stereocenters. The maximum absolute atomic E-state index is 13.6. The number of carbonyl (C=O) groups excluding carboxylic acids is 2. The molecular weight excluding hydrogens is 536 g/mol. The minimum atomic E-state index is -0.821. The van der Waals surface area contributed by atoms with Crippen molar-refractivity contribution in [1.29, 1.82) is 0 Å². The van der Waals surface area contributed by atoms with Crippen molar-refractivity contribution < 1.29 is 19.4 Å². The van der Waals surface area contributed by atoms with E-state index in [-0.39, 0.29) is 19.1 Å². The lowest BCUT2D eigenvalue weighted by Gasteiger charge is -2.24. The first-order valence-corrected chi connectivity index (χ1v) is 12.6. The van der Waals surface area contributed by atoms with Crippen molar-refractivity contribution >= 4 is 27.9 Å². The molecule has 1 aliphatic heterocycles. The Morgan fingerprint density at radius 2 is 1.73 bits per heavy atom. The summed E-state index contributed by atoms with van der Waals surface area (Å²) in [5.41, 5.74) is 3.36. The fourth-order valence-electron chi connectivity index (χ4n) is 4.36. The summed E-state index contributed by atoms with van der Waals surface area (Å²) in [6.07, 6.45) is 2.13. The van der Waals surface area contributed by atoms with E-state index in [1.165, 1.54) is 4.90 Å². The highest BCUT2D eigenvalue weighted by molar-refractivity contribution is 9.10. The van der Waals surface area contributed by atoms with E-state index in [1.807, 2.05) is 54.6 Å². The molecule has 2 heterocycles. The third kappa shape index (κ3) is 5.42. The van der Waals surface area contributed by atoms with Gasteiger partial charge in [-0.1, -0.05) is 70.5 Å². The van der Waals surface area contributed by atoms with Crippen LogP contribution in [-0.2, 0) is 11.2 Å². The van der Waals surface area contributed by atoms with E-state index in [4.69, 9.17) is 9.84 Å². The van der Waals surface area contributed by atoms with Gasteiger partial charge in [-0.3, -0.25) is 9.69 Å². The Kier molecular flexibility index (Phi) is 7.34. The van der Waals surface area contributed by atoms with E-state index in [2.05, 4.69) is 31.2 Å². The summed E-state index contributed by atoms with van der Waals surface area (Å²) in [5, 5.41) is 11.8. The fraction of sp³-hybridized carbons (Fsp3) is 0.179. The number of benzene rings is 3. The lowest BCUT2D eigenvalue weighted by atomic mass is 10.0. The number of aromatic nitrogens is 2. The topological polar surface area (TPSA) is 108 Å². The van der Waals surface area contributed by atoms with Crippen LogP contribution in [0.1, 0.15) is 29.0 Å². The first kappa shape index (κ1) is 24.7. The monoisotopic (exact) mass is 560 g/mol. The van der Waals surface area contributed by atoms with Crippen LogP contribution in [0, 0.1) is 0 Å². The fourth-order valence-corrected chi connectivity index (χ4v) is 4.63. The first-order valence-electron chi connectivity index (χ1n) is 11.9. The van der Waals surface area contributed by atoms with Gasteiger partial charge in [0.1, 0.15) is 30.3 Å². The number of aliphatic hydroxyl groups is 1. The number of ether oxygens (including phenoxy) is 1. The number of nitrogens with zero attached hydrogens (tertiary/aromatic N) is 2. The van der Waals surface area contributed by atoms with E-state index >= 15 is 0 Å². The van der Waals surface area contributed by atoms with E-state index < -0.39 is 18.1 Å². The Hall–Kier alpha value is -3.95. The van der Waals surface area contributed by atoms with Crippen molar-refractivity contribution in [1.82, 2.24) is 20.2 Å². The predicted molar refractivity (Wildman–Crippen MR) is 142 cm³/mol. The number of urea groups is 1. The quantitative estimate of drug-likeness (QED) is 0.255. The number of hydrogen-bond acceptors (Lipinski definition) is 5. The molecular formula is C28H25BrN4O4. The smallest absolute Gasteiger partial charge is 0.325 e. The van der Waals surface area contributed by atoms with Crippen molar-refractivity contribution in [2.45, 2.75) is 18.5 Å². The second-order valence-electron chi connectivity index (χ2n) is 8.63. The molecule has 3 N–H and O–H groups in total. The molecule has 1 aromatic heterocycles. The number of aliphatic hydroxyl groups excluding tert-OH is 1. The molecule has 8 nitrogen and oxygen atoms in total. The lowest BCUT2D eigenvalue weighted by molar-refractivity contribution is -0.129. The van der Waals surface area contributed by atoms with Gasteiger partial charge in [-0.2, -0.15) is 0 Å². The highest BCUT2D eigenvalue weighted by atomic mass is 79.9. The average molecular weight is 561 g/mol. The van der Waals surface area contributed by atoms with Crippen molar-refractivity contribution in [2.24, 2.45) is 0 Å². The van der Waals surface area contributed by atoms with Crippen LogP contribution in [-0.4, -0.2) is 45.1 Å². The van der Waals surface area contributed by atoms with E-state index in [0.29, 0.717) is 23.6 Å². The lowest BCUT2D eigenvalue weighted by Crippen LogP contribution is -2.36. The summed E-state index contributed by atoms with van der Waals surface area (Å²) in [4.78, 5) is 36.0. The normalized spacial score (nSPS) is 16.1. The molecule has 3 amide bonds. The molecule has 0 radical (unpaired) electrons. The van der Waals surface area contributed by atoms with E-state index in [1.54, 1.807) is 30.5 Å². The van der Waals surface area contributed by atoms with Gasteiger partial charge in [0.15, 0.2) is 0 Å². The molecule has 0 bridgehead atoms. The van der Waals surface area contributed by atoms with Gasteiger partial charge in [0.2, 0.25) is 0 Å². The molecule has 3 aromatic carbocycles. The van der Waals surface area contributed by atoms with Crippen LogP contribution >= 0.6 is 15.9 Å². The van der Waals surface area contributed by atoms with Crippen molar-refractivity contribution in [3.8, 4) is 17.0 Å². The number of imide groups is 1. The Balaban J connectivity index is 1.44. The van der Waals surface area contributed by atoms with E-state index in [0.717, 1.165) is 21.3 Å². The van der Waals surface area contributed by atoms with Crippen LogP contribution < -0.4 is 10.1 Å². The first-order chi connectivity index (χ1) is 18.0. The minimum absolute atomic E-state index is 0.0903. The van der Waals surface area contributed by atoms with Crippen molar-refractivity contribution in [3.63, 3.8) is 0 Å². The number of rotatable bonds is 9. The number of hydrogen-bond donors (Lipinski definition) is 3. The van der Waals surface area contributed by atoms with Gasteiger partial charge in [0, 0.05) is 10.9 Å². The molecule has 1 fully saturated rings. The van der Waals surface area contributed by atoms with Gasteiger partial charge < -0.3 is 20.1 Å². The second kappa shape index (κ2) is 11.0. The minimum Gasteiger partial charge on any atom is -0.491 e. The van der Waals surface area contributed by atoms with Crippen LogP contribution in [0.5, 0.6) is 5.75 Å². The Bertz CT molecular complexity index is 1370. The summed E-state index contributed by atoms with van der Waals surface area (Å²) in [6.45, 7) is 0.0891. The van der Waals surface area contributed by atoms with Crippen LogP contribution in [0.25, 0.3) is 11.3 Å². The summed E-state index contributed by atoms with van der Waals surface area (Å²) in [5.74, 6) is 0.750. The maximum atomic E-state index is 13.6. The Morgan fingerprint density at radius 1 is 1.00 bits per heavy atom. The SMILES string of the molecule is O=C1N[C@H](c2ccc(OCCO)cc2)C(=O)N1[C@@H](Cc1ccccc1)c1ncc(-c2ccc(Br)cc2)[nH]1. The Labute approximate surface area is 222 Å². The van der Waals surface area contributed by atoms with Crippen LogP contribution in [0.3, 0.4) is 0 Å². The average Bonchev–Trinajstić information content (AvgIpc) is 3.52. The number of nitrogens with one attached hydrogen (secondary N) is 2. The van der Waals surface area contributed by atoms with Crippen molar-refractivity contribution in [3.05, 3.63) is 106 Å². The summed E-state index contributed by atoms with van der Waals surface area (Å²) in [7, 11) is 0. The van der Waals surface area contributed by atoms with Gasteiger partial charge in [0.05, 0.1) is 18.5 Å². The summed E-state index contributed by atoms with van der Waals surface area (Å²) in [6, 6.07) is 22.5. The molecule has 5 rings (SSSR count). The van der Waals surface area contributed by atoms with Gasteiger partial charge >= 0.3 is 6.03 Å². The largest absolute Gasteiger partial charge is 0.491 e. The second-order valence-corrected chi connectivity index (χ2v) is 9.54. The highest BCUT2D eigenvalue weighted by Gasteiger charge is 2.44. The number of imidazole rings is 1. The third-order valence-electron chi connectivity index (χ3n) is 6.19. The van der Waals surface area contributed by atoms with Gasteiger partial charge in [-0.15, -0.1) is 0 Å². The highest BCUT2D eigenvalue weighted by Crippen LogP contribution is 2.33. The van der Waals surface area contributed by atoms with E-state index in [9.17, 15) is 9.59 Å². The third-order valence-corrected chi connectivity index (χ3v) is 6.72. The van der Waals surface area contributed by atoms with Gasteiger partial charge in [0.25, 0.3) is 5.91 Å². The molecule has 1 aliphatic rings. The molecule has 0 spiro atoms. The zero-order chi connectivity index (χ0) is 25.8. The molecule has 37 heavy (non-hydrogen) atoms. The number of H-pyrrole nitrogens is 1. The molecule has 0 aliphatic carbocycles. The van der Waals surface area contributed by atoms with Crippen LogP contribution in [0.15, 0.2) is 89.5 Å². The zero-order valence-corrected chi connectivity index (χ0v) is 21.4. The summed E-state index contributed by atoms with van der Waals surface area (Å²) >= 11 is 3.45. The molecule has 0 saturated carbocycles. The number of amides is 3. The summed E-state index contributed by atoms with van der Waals surface area (Å²) < 4.78 is 6.37. The van der Waals surface area contributed by atoms with Crippen LogP contribution in [0.2, 0.25) is 0 Å². The number of aromatic amines is 1. The Morgan fingerprint density at radius 3 is 2.43 bits per heavy atom. The van der Waals surface area contributed by atoms with Gasteiger partial charge in [-0.05, 0) is 41.0 Å². The van der Waals surface area contributed by atoms with Crippen LogP contribution in [0.4, 0.5) is 4.79 Å².